The van der Waals surface area contributed by atoms with Gasteiger partial charge in [0.15, 0.2) is 0 Å². The second-order valence-corrected chi connectivity index (χ2v) is 6.72. The summed E-state index contributed by atoms with van der Waals surface area (Å²) in [4.78, 5) is 14.4. The van der Waals surface area contributed by atoms with Crippen LogP contribution in [-0.2, 0) is 14.3 Å². The van der Waals surface area contributed by atoms with E-state index in [-0.39, 0.29) is 36.4 Å². The van der Waals surface area contributed by atoms with Crippen molar-refractivity contribution in [1.29, 1.82) is 0 Å². The summed E-state index contributed by atoms with van der Waals surface area (Å²) >= 11 is 0. The van der Waals surface area contributed by atoms with Gasteiger partial charge in [-0.05, 0) is 37.5 Å². The Bertz CT molecular complexity index is 335. The number of likely N-dealkylation sites (tertiary alicyclic amines) is 1. The second kappa shape index (κ2) is 9.71. The molecule has 2 fully saturated rings. The van der Waals surface area contributed by atoms with Gasteiger partial charge < -0.3 is 20.1 Å². The minimum Gasteiger partial charge on any atom is -0.381 e. The van der Waals surface area contributed by atoms with Crippen molar-refractivity contribution in [3.63, 3.8) is 0 Å². The van der Waals surface area contributed by atoms with Crippen molar-refractivity contribution in [2.75, 3.05) is 32.9 Å². The van der Waals surface area contributed by atoms with Gasteiger partial charge in [0, 0.05) is 32.9 Å². The van der Waals surface area contributed by atoms with Crippen molar-refractivity contribution >= 4 is 18.3 Å². The Labute approximate surface area is 140 Å². The van der Waals surface area contributed by atoms with E-state index in [4.69, 9.17) is 15.2 Å². The number of hydrogen-bond acceptors (Lipinski definition) is 4. The van der Waals surface area contributed by atoms with Crippen molar-refractivity contribution in [2.24, 2.45) is 17.6 Å². The number of hydrogen-bond donors (Lipinski definition) is 1. The largest absolute Gasteiger partial charge is 0.381 e. The smallest absolute Gasteiger partial charge is 0.239 e. The molecule has 6 heteroatoms. The molecule has 2 N–H and O–H groups in total. The van der Waals surface area contributed by atoms with Crippen LogP contribution in [0.3, 0.4) is 0 Å². The van der Waals surface area contributed by atoms with Crippen LogP contribution in [0.1, 0.15) is 39.5 Å². The lowest BCUT2D eigenvalue weighted by Gasteiger charge is -2.29. The first kappa shape index (κ1) is 19.7. The van der Waals surface area contributed by atoms with Gasteiger partial charge in [-0.2, -0.15) is 0 Å². The van der Waals surface area contributed by atoms with E-state index in [0.717, 1.165) is 52.0 Å². The number of amides is 1. The Morgan fingerprint density at radius 3 is 2.64 bits per heavy atom. The number of rotatable bonds is 6. The fourth-order valence-corrected chi connectivity index (χ4v) is 3.02. The number of ether oxygens (including phenoxy) is 2. The van der Waals surface area contributed by atoms with Gasteiger partial charge in [-0.3, -0.25) is 4.79 Å². The van der Waals surface area contributed by atoms with Gasteiger partial charge in [-0.25, -0.2) is 0 Å². The molecule has 2 unspecified atom stereocenters. The van der Waals surface area contributed by atoms with E-state index in [2.05, 4.69) is 13.8 Å². The fraction of sp³-hybridized carbons (Fsp3) is 0.938. The summed E-state index contributed by atoms with van der Waals surface area (Å²) < 4.78 is 11.2. The van der Waals surface area contributed by atoms with Crippen LogP contribution in [0, 0.1) is 11.8 Å². The van der Waals surface area contributed by atoms with Gasteiger partial charge in [-0.15, -0.1) is 12.4 Å². The minimum atomic E-state index is -0.372. The van der Waals surface area contributed by atoms with Gasteiger partial charge in [0.2, 0.25) is 5.91 Å². The van der Waals surface area contributed by atoms with Crippen LogP contribution < -0.4 is 5.73 Å². The molecule has 2 heterocycles. The lowest BCUT2D eigenvalue weighted by Crippen LogP contribution is -2.48. The molecule has 5 nitrogen and oxygen atoms in total. The first-order valence-corrected chi connectivity index (χ1v) is 8.31. The zero-order chi connectivity index (χ0) is 15.2. The molecule has 0 bridgehead atoms. The van der Waals surface area contributed by atoms with Crippen LogP contribution in [0.2, 0.25) is 0 Å². The van der Waals surface area contributed by atoms with Crippen LogP contribution in [0.5, 0.6) is 0 Å². The van der Waals surface area contributed by atoms with Gasteiger partial charge in [-0.1, -0.05) is 13.8 Å². The zero-order valence-electron chi connectivity index (χ0n) is 13.8. The Morgan fingerprint density at radius 2 is 2.00 bits per heavy atom. The Kier molecular flexibility index (Phi) is 8.69. The summed E-state index contributed by atoms with van der Waals surface area (Å²) in [5.41, 5.74) is 6.17. The molecule has 2 rings (SSSR count). The number of carbonyl (C=O) groups excluding carboxylic acids is 1. The highest BCUT2D eigenvalue weighted by Crippen LogP contribution is 2.21. The van der Waals surface area contributed by atoms with Crippen molar-refractivity contribution in [2.45, 2.75) is 51.7 Å². The third kappa shape index (κ3) is 5.69. The maximum atomic E-state index is 12.5. The van der Waals surface area contributed by atoms with E-state index < -0.39 is 0 Å². The van der Waals surface area contributed by atoms with Crippen LogP contribution >= 0.6 is 12.4 Å². The molecule has 2 aliphatic rings. The standard InChI is InChI=1S/C16H30N2O3.ClH/c1-12(2)4-10-21-14-3-7-18(11-14)16(19)15(17)13-5-8-20-9-6-13;/h12-15H,3-11,17H2,1-2H3;1H. The number of carbonyl (C=O) groups is 1. The fourth-order valence-electron chi connectivity index (χ4n) is 3.02. The summed E-state index contributed by atoms with van der Waals surface area (Å²) in [5.74, 6) is 1.02. The third-order valence-corrected chi connectivity index (χ3v) is 4.56. The summed E-state index contributed by atoms with van der Waals surface area (Å²) in [6, 6.07) is -0.372. The topological polar surface area (TPSA) is 64.8 Å². The maximum absolute atomic E-state index is 12.5. The molecule has 0 aliphatic carbocycles. The first-order valence-electron chi connectivity index (χ1n) is 8.31. The molecule has 1 amide bonds. The van der Waals surface area contributed by atoms with Crippen molar-refractivity contribution < 1.29 is 14.3 Å². The van der Waals surface area contributed by atoms with E-state index >= 15 is 0 Å². The molecule has 0 aromatic carbocycles. The highest BCUT2D eigenvalue weighted by molar-refractivity contribution is 5.85. The molecular weight excluding hydrogens is 304 g/mol. The molecule has 130 valence electrons. The van der Waals surface area contributed by atoms with E-state index in [9.17, 15) is 4.79 Å². The molecular formula is C16H31ClN2O3. The summed E-state index contributed by atoms with van der Waals surface area (Å²) in [6.45, 7) is 8.12. The Balaban J connectivity index is 0.00000242. The van der Waals surface area contributed by atoms with Crippen molar-refractivity contribution in [1.82, 2.24) is 4.90 Å². The van der Waals surface area contributed by atoms with Crippen LogP contribution in [-0.4, -0.2) is 55.9 Å². The number of halogens is 1. The van der Waals surface area contributed by atoms with Gasteiger partial charge in [0.05, 0.1) is 12.1 Å². The average Bonchev–Trinajstić information content (AvgIpc) is 2.95. The molecule has 2 atom stereocenters. The monoisotopic (exact) mass is 334 g/mol. The van der Waals surface area contributed by atoms with Gasteiger partial charge in [0.1, 0.15) is 0 Å². The Morgan fingerprint density at radius 1 is 1.32 bits per heavy atom. The molecule has 2 saturated heterocycles. The van der Waals surface area contributed by atoms with Gasteiger partial charge in [0.25, 0.3) is 0 Å². The van der Waals surface area contributed by atoms with Crippen LogP contribution in [0.25, 0.3) is 0 Å². The lowest BCUT2D eigenvalue weighted by atomic mass is 9.91. The molecule has 0 aromatic rings. The lowest BCUT2D eigenvalue weighted by molar-refractivity contribution is -0.134. The maximum Gasteiger partial charge on any atom is 0.239 e. The van der Waals surface area contributed by atoms with E-state index in [1.54, 1.807) is 0 Å². The predicted molar refractivity (Wildman–Crippen MR) is 89.2 cm³/mol. The quantitative estimate of drug-likeness (QED) is 0.804. The third-order valence-electron chi connectivity index (χ3n) is 4.56. The molecule has 0 saturated carbocycles. The average molecular weight is 335 g/mol. The number of nitrogens with zero attached hydrogens (tertiary/aromatic N) is 1. The first-order chi connectivity index (χ1) is 10.1. The Hall–Kier alpha value is -0.360. The second-order valence-electron chi connectivity index (χ2n) is 6.72. The minimum absolute atomic E-state index is 0. The highest BCUT2D eigenvalue weighted by Gasteiger charge is 2.33. The summed E-state index contributed by atoms with van der Waals surface area (Å²) in [6.07, 6.45) is 4.00. The van der Waals surface area contributed by atoms with Crippen LogP contribution in [0.15, 0.2) is 0 Å². The predicted octanol–water partition coefficient (Wildman–Crippen LogP) is 1.83. The van der Waals surface area contributed by atoms with E-state index in [1.165, 1.54) is 0 Å². The molecule has 22 heavy (non-hydrogen) atoms. The molecule has 0 radical (unpaired) electrons. The normalized spacial score (nSPS) is 24.4. The SMILES string of the molecule is CC(C)CCOC1CCN(C(=O)C(N)C2CCOCC2)C1.Cl. The van der Waals surface area contributed by atoms with E-state index in [0.29, 0.717) is 12.5 Å². The molecule has 2 aliphatic heterocycles. The van der Waals surface area contributed by atoms with Crippen molar-refractivity contribution in [3.8, 4) is 0 Å². The van der Waals surface area contributed by atoms with Crippen molar-refractivity contribution in [3.05, 3.63) is 0 Å². The van der Waals surface area contributed by atoms with Gasteiger partial charge >= 0.3 is 0 Å². The van der Waals surface area contributed by atoms with Crippen LogP contribution in [0.4, 0.5) is 0 Å². The molecule has 0 aromatic heterocycles. The van der Waals surface area contributed by atoms with E-state index in [1.807, 2.05) is 4.90 Å². The summed E-state index contributed by atoms with van der Waals surface area (Å²) in [7, 11) is 0. The zero-order valence-corrected chi connectivity index (χ0v) is 14.6. The highest BCUT2D eigenvalue weighted by atomic mass is 35.5. The number of nitrogens with two attached hydrogens (primary N) is 1. The molecule has 0 spiro atoms. The summed E-state index contributed by atoms with van der Waals surface area (Å²) in [5, 5.41) is 0.